The van der Waals surface area contributed by atoms with Gasteiger partial charge in [-0.25, -0.2) is 0 Å². The lowest BCUT2D eigenvalue weighted by Gasteiger charge is -2.14. The molecule has 0 aromatic carbocycles. The van der Waals surface area contributed by atoms with Crippen molar-refractivity contribution < 1.29 is 15.1 Å². The molecular formula is C6H15NO3. The maximum Gasteiger partial charge on any atom is 0.125 e. The Morgan fingerprint density at radius 1 is 1.30 bits per heavy atom. The molecule has 0 unspecified atom stereocenters. The Kier molecular flexibility index (Phi) is 5.52. The first-order valence-electron chi connectivity index (χ1n) is 3.33. The largest absolute Gasteiger partial charge is 0.393 e. The first-order valence-corrected chi connectivity index (χ1v) is 3.33. The van der Waals surface area contributed by atoms with E-state index >= 15 is 0 Å². The Balaban J connectivity index is 3.26. The van der Waals surface area contributed by atoms with Gasteiger partial charge >= 0.3 is 0 Å². The van der Waals surface area contributed by atoms with Crippen LogP contribution in [-0.4, -0.2) is 35.6 Å². The molecule has 0 rings (SSSR count). The van der Waals surface area contributed by atoms with Crippen LogP contribution >= 0.6 is 0 Å². The molecule has 0 amide bonds. The van der Waals surface area contributed by atoms with Gasteiger partial charge < -0.3 is 10.2 Å². The van der Waals surface area contributed by atoms with E-state index in [4.69, 9.17) is 15.1 Å². The summed E-state index contributed by atoms with van der Waals surface area (Å²) in [5.74, 6) is 0. The standard InChI is InChI=1S/C6H15NO3/c1-5(2)7-10-6(3-8)4-9/h5-9H,3-4H2,1-2H3. The molecule has 0 aliphatic heterocycles. The van der Waals surface area contributed by atoms with Gasteiger partial charge in [-0.2, -0.15) is 5.48 Å². The monoisotopic (exact) mass is 149 g/mol. The van der Waals surface area contributed by atoms with Crippen LogP contribution in [0.5, 0.6) is 0 Å². The molecular weight excluding hydrogens is 134 g/mol. The van der Waals surface area contributed by atoms with Crippen LogP contribution in [0.15, 0.2) is 0 Å². The van der Waals surface area contributed by atoms with Gasteiger partial charge in [-0.1, -0.05) is 0 Å². The Labute approximate surface area is 60.8 Å². The molecule has 0 saturated heterocycles. The summed E-state index contributed by atoms with van der Waals surface area (Å²) >= 11 is 0. The summed E-state index contributed by atoms with van der Waals surface area (Å²) in [6, 6.07) is 0.195. The maximum absolute atomic E-state index is 8.51. The molecule has 0 fully saturated rings. The molecule has 10 heavy (non-hydrogen) atoms. The minimum absolute atomic E-state index is 0.170. The van der Waals surface area contributed by atoms with Gasteiger partial charge in [0.2, 0.25) is 0 Å². The van der Waals surface area contributed by atoms with Crippen LogP contribution in [0, 0.1) is 0 Å². The van der Waals surface area contributed by atoms with Crippen LogP contribution < -0.4 is 5.48 Å². The average molecular weight is 149 g/mol. The second-order valence-electron chi connectivity index (χ2n) is 2.38. The summed E-state index contributed by atoms with van der Waals surface area (Å²) < 4.78 is 0. The number of rotatable bonds is 5. The quantitative estimate of drug-likeness (QED) is 0.451. The van der Waals surface area contributed by atoms with Gasteiger partial charge in [-0.05, 0) is 13.8 Å². The van der Waals surface area contributed by atoms with Gasteiger partial charge in [0.05, 0.1) is 13.2 Å². The van der Waals surface area contributed by atoms with Gasteiger partial charge in [0.1, 0.15) is 6.10 Å². The zero-order valence-corrected chi connectivity index (χ0v) is 6.37. The molecule has 0 bridgehead atoms. The fourth-order valence-electron chi connectivity index (χ4n) is 0.365. The molecule has 0 heterocycles. The van der Waals surface area contributed by atoms with Crippen molar-refractivity contribution in [1.82, 2.24) is 5.48 Å². The van der Waals surface area contributed by atoms with E-state index < -0.39 is 6.10 Å². The van der Waals surface area contributed by atoms with Crippen LogP contribution in [0.25, 0.3) is 0 Å². The molecule has 3 N–H and O–H groups in total. The summed E-state index contributed by atoms with van der Waals surface area (Å²) in [6.45, 7) is 3.48. The molecule has 0 radical (unpaired) electrons. The third-order valence-electron chi connectivity index (χ3n) is 0.878. The van der Waals surface area contributed by atoms with Gasteiger partial charge in [-0.3, -0.25) is 4.84 Å². The predicted molar refractivity (Wildman–Crippen MR) is 37.3 cm³/mol. The van der Waals surface area contributed by atoms with Crippen molar-refractivity contribution in [3.05, 3.63) is 0 Å². The van der Waals surface area contributed by atoms with E-state index in [1.807, 2.05) is 13.8 Å². The Hall–Kier alpha value is -0.160. The van der Waals surface area contributed by atoms with Crippen molar-refractivity contribution in [1.29, 1.82) is 0 Å². The lowest BCUT2D eigenvalue weighted by atomic mass is 10.4. The average Bonchev–Trinajstić information content (AvgIpc) is 1.90. The summed E-state index contributed by atoms with van der Waals surface area (Å²) in [5, 5.41) is 17.0. The second-order valence-corrected chi connectivity index (χ2v) is 2.38. The van der Waals surface area contributed by atoms with E-state index in [-0.39, 0.29) is 19.3 Å². The summed E-state index contributed by atoms with van der Waals surface area (Å²) in [6.07, 6.45) is -0.512. The summed E-state index contributed by atoms with van der Waals surface area (Å²) in [7, 11) is 0. The first kappa shape index (κ1) is 9.84. The molecule has 0 aliphatic rings. The Bertz CT molecular complexity index is 73.4. The third-order valence-corrected chi connectivity index (χ3v) is 0.878. The number of aliphatic hydroxyl groups excluding tert-OH is 2. The number of hydrogen-bond acceptors (Lipinski definition) is 4. The topological polar surface area (TPSA) is 61.7 Å². The van der Waals surface area contributed by atoms with Crippen molar-refractivity contribution in [2.24, 2.45) is 0 Å². The van der Waals surface area contributed by atoms with Crippen molar-refractivity contribution in [2.75, 3.05) is 13.2 Å². The molecule has 0 atom stereocenters. The highest BCUT2D eigenvalue weighted by molar-refractivity contribution is 4.50. The molecule has 0 spiro atoms. The lowest BCUT2D eigenvalue weighted by molar-refractivity contribution is -0.0825. The predicted octanol–water partition coefficient (Wildman–Crippen LogP) is -0.731. The molecule has 4 heteroatoms. The van der Waals surface area contributed by atoms with Crippen LogP contribution in [0.2, 0.25) is 0 Å². The fourth-order valence-corrected chi connectivity index (χ4v) is 0.365. The molecule has 0 aliphatic carbocycles. The van der Waals surface area contributed by atoms with Crippen LogP contribution in [0.3, 0.4) is 0 Å². The molecule has 0 saturated carbocycles. The summed E-state index contributed by atoms with van der Waals surface area (Å²) in [5.41, 5.74) is 2.63. The van der Waals surface area contributed by atoms with Crippen molar-refractivity contribution in [2.45, 2.75) is 26.0 Å². The van der Waals surface area contributed by atoms with Crippen LogP contribution in [0.1, 0.15) is 13.8 Å². The van der Waals surface area contributed by atoms with Crippen LogP contribution in [0.4, 0.5) is 0 Å². The van der Waals surface area contributed by atoms with E-state index in [0.717, 1.165) is 0 Å². The van der Waals surface area contributed by atoms with Crippen molar-refractivity contribution in [3.8, 4) is 0 Å². The van der Waals surface area contributed by atoms with E-state index in [9.17, 15) is 0 Å². The number of aliphatic hydroxyl groups is 2. The first-order chi connectivity index (χ1) is 4.70. The smallest absolute Gasteiger partial charge is 0.125 e. The van der Waals surface area contributed by atoms with Gasteiger partial charge in [0, 0.05) is 6.04 Å². The van der Waals surface area contributed by atoms with Gasteiger partial charge in [0.25, 0.3) is 0 Å². The van der Waals surface area contributed by atoms with Gasteiger partial charge in [-0.15, -0.1) is 0 Å². The van der Waals surface area contributed by atoms with Crippen molar-refractivity contribution >= 4 is 0 Å². The maximum atomic E-state index is 8.51. The van der Waals surface area contributed by atoms with Gasteiger partial charge in [0.15, 0.2) is 0 Å². The second kappa shape index (κ2) is 5.61. The Morgan fingerprint density at radius 2 is 1.80 bits per heavy atom. The molecule has 4 nitrogen and oxygen atoms in total. The molecule has 0 aromatic heterocycles. The highest BCUT2D eigenvalue weighted by Crippen LogP contribution is 1.86. The molecule has 0 aromatic rings. The highest BCUT2D eigenvalue weighted by Gasteiger charge is 2.05. The minimum atomic E-state index is -0.512. The zero-order chi connectivity index (χ0) is 7.98. The van der Waals surface area contributed by atoms with E-state index in [1.54, 1.807) is 0 Å². The zero-order valence-electron chi connectivity index (χ0n) is 6.37. The highest BCUT2D eigenvalue weighted by atomic mass is 16.7. The SMILES string of the molecule is CC(C)NOC(CO)CO. The normalized spacial score (nSPS) is 11.4. The number of hydrogen-bond donors (Lipinski definition) is 3. The fraction of sp³-hybridized carbons (Fsp3) is 1.00. The van der Waals surface area contributed by atoms with Crippen molar-refractivity contribution in [3.63, 3.8) is 0 Å². The third kappa shape index (κ3) is 4.69. The molecule has 62 valence electrons. The van der Waals surface area contributed by atoms with Crippen LogP contribution in [-0.2, 0) is 4.84 Å². The van der Waals surface area contributed by atoms with E-state index in [2.05, 4.69) is 5.48 Å². The summed E-state index contributed by atoms with van der Waals surface area (Å²) in [4.78, 5) is 4.85. The lowest BCUT2D eigenvalue weighted by Crippen LogP contribution is -2.33. The van der Waals surface area contributed by atoms with E-state index in [0.29, 0.717) is 0 Å². The minimum Gasteiger partial charge on any atom is -0.393 e. The number of hydroxylamine groups is 1. The van der Waals surface area contributed by atoms with E-state index in [1.165, 1.54) is 0 Å². The number of nitrogens with one attached hydrogen (secondary N) is 1. The Morgan fingerprint density at radius 3 is 2.10 bits per heavy atom.